The van der Waals surface area contributed by atoms with E-state index in [1.165, 1.54) is 19.3 Å². The van der Waals surface area contributed by atoms with Crippen LogP contribution in [0.15, 0.2) is 29.1 Å². The molecular formula is C20H29N3O2. The van der Waals surface area contributed by atoms with E-state index in [-0.39, 0.29) is 17.6 Å². The van der Waals surface area contributed by atoms with Crippen LogP contribution in [0, 0.1) is 0 Å². The second-order valence-electron chi connectivity index (χ2n) is 7.09. The van der Waals surface area contributed by atoms with Gasteiger partial charge in [-0.2, -0.15) is 0 Å². The van der Waals surface area contributed by atoms with Crippen molar-refractivity contribution in [3.05, 3.63) is 34.7 Å². The molecule has 0 spiro atoms. The third-order valence-corrected chi connectivity index (χ3v) is 5.30. The summed E-state index contributed by atoms with van der Waals surface area (Å²) in [7, 11) is 0. The van der Waals surface area contributed by atoms with Gasteiger partial charge in [-0.05, 0) is 31.4 Å². The number of carbonyl (C=O) groups is 1. The number of fused-ring (bicyclic) bond motifs is 1. The molecular weight excluding hydrogens is 314 g/mol. The number of likely N-dealkylation sites (tertiary alicyclic amines) is 1. The Labute approximate surface area is 149 Å². The molecule has 0 atom stereocenters. The summed E-state index contributed by atoms with van der Waals surface area (Å²) in [6, 6.07) is 8.00. The molecule has 0 radical (unpaired) electrons. The van der Waals surface area contributed by atoms with Gasteiger partial charge in [0.15, 0.2) is 0 Å². The summed E-state index contributed by atoms with van der Waals surface area (Å²) in [5.74, 6) is 0.279. The average molecular weight is 343 g/mol. The number of aromatic amines is 1. The van der Waals surface area contributed by atoms with Crippen LogP contribution in [0.3, 0.4) is 0 Å². The summed E-state index contributed by atoms with van der Waals surface area (Å²) in [6.07, 6.45) is 8.25. The highest BCUT2D eigenvalue weighted by atomic mass is 16.2. The molecule has 1 aliphatic rings. The number of nitrogens with one attached hydrogen (secondary N) is 1. The normalized spacial score (nSPS) is 15.8. The first-order valence-electron chi connectivity index (χ1n) is 9.67. The Balaban J connectivity index is 1.54. The van der Waals surface area contributed by atoms with Crippen LogP contribution in [-0.2, 0) is 4.79 Å². The van der Waals surface area contributed by atoms with E-state index in [4.69, 9.17) is 0 Å². The van der Waals surface area contributed by atoms with Gasteiger partial charge >= 0.3 is 5.69 Å². The maximum atomic E-state index is 12.4. The highest BCUT2D eigenvalue weighted by Crippen LogP contribution is 2.25. The molecule has 1 aromatic heterocycles. The number of H-pyrrole nitrogens is 1. The zero-order valence-corrected chi connectivity index (χ0v) is 15.2. The minimum atomic E-state index is -0.0399. The summed E-state index contributed by atoms with van der Waals surface area (Å²) in [5.41, 5.74) is 1.81. The standard InChI is InChI=1S/C20H29N3O2/c1-2-3-4-5-6-11-19(24)22-14-12-16(13-15-22)23-18-10-8-7-9-17(18)21-20(23)25/h7-10,16H,2-6,11-15H2,1H3,(H,21,25). The van der Waals surface area contributed by atoms with E-state index in [1.807, 2.05) is 33.7 Å². The number of unbranched alkanes of at least 4 members (excludes halogenated alkanes) is 4. The molecule has 0 saturated carbocycles. The Bertz CT molecular complexity index is 754. The van der Waals surface area contributed by atoms with Crippen molar-refractivity contribution in [1.29, 1.82) is 0 Å². The second-order valence-corrected chi connectivity index (χ2v) is 7.09. The number of rotatable bonds is 7. The molecule has 1 saturated heterocycles. The van der Waals surface area contributed by atoms with Gasteiger partial charge in [0.1, 0.15) is 0 Å². The zero-order valence-electron chi connectivity index (χ0n) is 15.2. The Hall–Kier alpha value is -2.04. The molecule has 0 aliphatic carbocycles. The summed E-state index contributed by atoms with van der Waals surface area (Å²) >= 11 is 0. The molecule has 1 aliphatic heterocycles. The first-order chi connectivity index (χ1) is 12.2. The van der Waals surface area contributed by atoms with E-state index in [2.05, 4.69) is 11.9 Å². The third kappa shape index (κ3) is 4.14. The molecule has 1 aromatic carbocycles. The number of amides is 1. The summed E-state index contributed by atoms with van der Waals surface area (Å²) < 4.78 is 1.88. The lowest BCUT2D eigenvalue weighted by Gasteiger charge is -2.32. The third-order valence-electron chi connectivity index (χ3n) is 5.30. The highest BCUT2D eigenvalue weighted by Gasteiger charge is 2.25. The van der Waals surface area contributed by atoms with E-state index < -0.39 is 0 Å². The van der Waals surface area contributed by atoms with E-state index in [0.717, 1.165) is 49.8 Å². The molecule has 5 nitrogen and oxygen atoms in total. The van der Waals surface area contributed by atoms with Gasteiger partial charge in [0.25, 0.3) is 0 Å². The second kappa shape index (κ2) is 8.37. The number of aromatic nitrogens is 2. The van der Waals surface area contributed by atoms with Crippen LogP contribution in [0.5, 0.6) is 0 Å². The first kappa shape index (κ1) is 17.8. The Morgan fingerprint density at radius 2 is 1.84 bits per heavy atom. The lowest BCUT2D eigenvalue weighted by atomic mass is 10.0. The largest absolute Gasteiger partial charge is 0.343 e. The van der Waals surface area contributed by atoms with E-state index >= 15 is 0 Å². The molecule has 5 heteroatoms. The minimum absolute atomic E-state index is 0.0399. The van der Waals surface area contributed by atoms with Gasteiger partial charge in [0.2, 0.25) is 5.91 Å². The first-order valence-corrected chi connectivity index (χ1v) is 9.67. The van der Waals surface area contributed by atoms with Gasteiger partial charge in [-0.15, -0.1) is 0 Å². The van der Waals surface area contributed by atoms with Gasteiger partial charge in [-0.1, -0.05) is 44.7 Å². The molecule has 1 N–H and O–H groups in total. The Kier molecular flexibility index (Phi) is 5.95. The highest BCUT2D eigenvalue weighted by molar-refractivity contribution is 5.76. The van der Waals surface area contributed by atoms with Crippen molar-refractivity contribution in [2.75, 3.05) is 13.1 Å². The number of imidazole rings is 1. The number of piperidine rings is 1. The van der Waals surface area contributed by atoms with Crippen molar-refractivity contribution in [3.63, 3.8) is 0 Å². The predicted molar refractivity (Wildman–Crippen MR) is 101 cm³/mol. The summed E-state index contributed by atoms with van der Waals surface area (Å²) in [6.45, 7) is 3.71. The topological polar surface area (TPSA) is 58.1 Å². The van der Waals surface area contributed by atoms with Crippen LogP contribution in [0.25, 0.3) is 11.0 Å². The molecule has 25 heavy (non-hydrogen) atoms. The number of carbonyl (C=O) groups excluding carboxylic acids is 1. The number of para-hydroxylation sites is 2. The van der Waals surface area contributed by atoms with E-state index in [0.29, 0.717) is 6.42 Å². The Morgan fingerprint density at radius 3 is 2.60 bits per heavy atom. The molecule has 1 fully saturated rings. The van der Waals surface area contributed by atoms with Gasteiger partial charge < -0.3 is 9.88 Å². The smallest absolute Gasteiger partial charge is 0.326 e. The Morgan fingerprint density at radius 1 is 1.12 bits per heavy atom. The molecule has 0 unspecified atom stereocenters. The van der Waals surface area contributed by atoms with Crippen LogP contribution in [0.1, 0.15) is 64.3 Å². The number of hydrogen-bond acceptors (Lipinski definition) is 2. The average Bonchev–Trinajstić information content (AvgIpc) is 2.97. The maximum absolute atomic E-state index is 12.4. The van der Waals surface area contributed by atoms with Crippen LogP contribution in [0.4, 0.5) is 0 Å². The number of hydrogen-bond donors (Lipinski definition) is 1. The van der Waals surface area contributed by atoms with Crippen LogP contribution in [0.2, 0.25) is 0 Å². The quantitative estimate of drug-likeness (QED) is 0.776. The van der Waals surface area contributed by atoms with Crippen molar-refractivity contribution < 1.29 is 4.79 Å². The van der Waals surface area contributed by atoms with Crippen molar-refractivity contribution in [2.45, 2.75) is 64.3 Å². The molecule has 3 rings (SSSR count). The molecule has 2 heterocycles. The fraction of sp³-hybridized carbons (Fsp3) is 0.600. The molecule has 0 bridgehead atoms. The fourth-order valence-electron chi connectivity index (χ4n) is 3.85. The van der Waals surface area contributed by atoms with Gasteiger partial charge in [0, 0.05) is 25.6 Å². The maximum Gasteiger partial charge on any atom is 0.326 e. The number of benzene rings is 1. The van der Waals surface area contributed by atoms with Gasteiger partial charge in [-0.25, -0.2) is 4.79 Å². The minimum Gasteiger partial charge on any atom is -0.343 e. The van der Waals surface area contributed by atoms with E-state index in [9.17, 15) is 9.59 Å². The zero-order chi connectivity index (χ0) is 17.6. The fourth-order valence-corrected chi connectivity index (χ4v) is 3.85. The van der Waals surface area contributed by atoms with Crippen LogP contribution >= 0.6 is 0 Å². The van der Waals surface area contributed by atoms with Gasteiger partial charge in [0.05, 0.1) is 11.0 Å². The summed E-state index contributed by atoms with van der Waals surface area (Å²) in [5, 5.41) is 0. The van der Waals surface area contributed by atoms with Crippen molar-refractivity contribution in [3.8, 4) is 0 Å². The number of nitrogens with zero attached hydrogens (tertiary/aromatic N) is 2. The van der Waals surface area contributed by atoms with E-state index in [1.54, 1.807) is 0 Å². The SMILES string of the molecule is CCCCCCCC(=O)N1CCC(n2c(=O)[nH]c3ccccc32)CC1. The van der Waals surface area contributed by atoms with Crippen LogP contribution < -0.4 is 5.69 Å². The molecule has 1 amide bonds. The van der Waals surface area contributed by atoms with Gasteiger partial charge in [-0.3, -0.25) is 9.36 Å². The molecule has 136 valence electrons. The van der Waals surface area contributed by atoms with Crippen molar-refractivity contribution in [2.24, 2.45) is 0 Å². The molecule has 2 aromatic rings. The lowest BCUT2D eigenvalue weighted by molar-refractivity contribution is -0.132. The van der Waals surface area contributed by atoms with Crippen molar-refractivity contribution in [1.82, 2.24) is 14.5 Å². The predicted octanol–water partition coefficient (Wildman–Crippen LogP) is 3.85. The summed E-state index contributed by atoms with van der Waals surface area (Å²) in [4.78, 5) is 29.6. The van der Waals surface area contributed by atoms with Crippen LogP contribution in [-0.4, -0.2) is 33.4 Å². The lowest BCUT2D eigenvalue weighted by Crippen LogP contribution is -2.40. The van der Waals surface area contributed by atoms with Crippen molar-refractivity contribution >= 4 is 16.9 Å². The monoisotopic (exact) mass is 343 g/mol.